The van der Waals surface area contributed by atoms with Crippen molar-refractivity contribution >= 4 is 16.9 Å². The van der Waals surface area contributed by atoms with Crippen molar-refractivity contribution in [2.45, 2.75) is 33.1 Å². The molecule has 1 saturated heterocycles. The Hall–Kier alpha value is -0.260. The van der Waals surface area contributed by atoms with Gasteiger partial charge in [-0.1, -0.05) is 25.6 Å². The first-order valence-electron chi connectivity index (χ1n) is 7.99. The highest BCUT2D eigenvalue weighted by atomic mass is 32.2. The van der Waals surface area contributed by atoms with Gasteiger partial charge in [-0.15, -0.1) is 0 Å². The number of morpholine rings is 1. The third-order valence-corrected chi connectivity index (χ3v) is 5.91. The number of nitrogens with one attached hydrogen (secondary N) is 1. The van der Waals surface area contributed by atoms with Crippen LogP contribution in [0.4, 0.5) is 0 Å². The molecule has 2 aliphatic heterocycles. The number of thioether (sulfide) groups is 1. The van der Waals surface area contributed by atoms with Gasteiger partial charge in [0.1, 0.15) is 0 Å². The lowest BCUT2D eigenvalue weighted by molar-refractivity contribution is 0.0376. The monoisotopic (exact) mass is 299 g/mol. The van der Waals surface area contributed by atoms with E-state index in [2.05, 4.69) is 24.1 Å². The van der Waals surface area contributed by atoms with Gasteiger partial charge in [-0.3, -0.25) is 9.89 Å². The molecule has 2 heterocycles. The number of amidine groups is 1. The van der Waals surface area contributed by atoms with Crippen LogP contribution >= 0.6 is 11.8 Å². The maximum atomic E-state index is 5.36. The van der Waals surface area contributed by atoms with Gasteiger partial charge in [-0.25, -0.2) is 0 Å². The molecule has 2 rings (SSSR count). The predicted molar refractivity (Wildman–Crippen MR) is 87.7 cm³/mol. The number of nitrogens with zero attached hydrogens (tertiary/aromatic N) is 2. The standard InChI is InChI=1S/C15H29N3OS/c1-3-15(4-2)12-17-14(20-13-15)16-6-5-7-18-8-10-19-11-9-18/h3-13H2,1-2H3,(H,16,17). The van der Waals surface area contributed by atoms with Gasteiger partial charge in [-0.05, 0) is 31.2 Å². The van der Waals surface area contributed by atoms with Crippen molar-refractivity contribution < 1.29 is 4.74 Å². The summed E-state index contributed by atoms with van der Waals surface area (Å²) >= 11 is 1.91. The fourth-order valence-corrected chi connectivity index (χ4v) is 3.96. The lowest BCUT2D eigenvalue weighted by Gasteiger charge is -2.33. The molecule has 1 fully saturated rings. The molecule has 0 radical (unpaired) electrons. The van der Waals surface area contributed by atoms with Crippen LogP contribution in [0.2, 0.25) is 0 Å². The van der Waals surface area contributed by atoms with E-state index in [1.165, 1.54) is 31.6 Å². The fourth-order valence-electron chi connectivity index (χ4n) is 2.66. The maximum Gasteiger partial charge on any atom is 0.156 e. The van der Waals surface area contributed by atoms with E-state index in [-0.39, 0.29) is 0 Å². The van der Waals surface area contributed by atoms with Crippen LogP contribution in [0.5, 0.6) is 0 Å². The lowest BCUT2D eigenvalue weighted by Crippen LogP contribution is -2.38. The van der Waals surface area contributed by atoms with E-state index >= 15 is 0 Å². The minimum absolute atomic E-state index is 0.448. The third kappa shape index (κ3) is 4.64. The summed E-state index contributed by atoms with van der Waals surface area (Å²) in [4.78, 5) is 7.23. The van der Waals surface area contributed by atoms with Crippen molar-refractivity contribution in [2.75, 3.05) is 51.7 Å². The van der Waals surface area contributed by atoms with E-state index in [4.69, 9.17) is 9.73 Å². The minimum Gasteiger partial charge on any atom is -0.379 e. The zero-order valence-corrected chi connectivity index (χ0v) is 13.8. The molecule has 0 aromatic heterocycles. The van der Waals surface area contributed by atoms with Gasteiger partial charge in [0.15, 0.2) is 5.17 Å². The van der Waals surface area contributed by atoms with E-state index in [0.29, 0.717) is 5.41 Å². The molecule has 0 saturated carbocycles. The van der Waals surface area contributed by atoms with Crippen LogP contribution in [0.3, 0.4) is 0 Å². The van der Waals surface area contributed by atoms with Crippen LogP contribution in [-0.4, -0.2) is 61.8 Å². The molecule has 116 valence electrons. The van der Waals surface area contributed by atoms with Gasteiger partial charge < -0.3 is 10.1 Å². The Morgan fingerprint density at radius 1 is 1.30 bits per heavy atom. The van der Waals surface area contributed by atoms with Gasteiger partial charge in [0, 0.05) is 31.9 Å². The topological polar surface area (TPSA) is 36.9 Å². The Morgan fingerprint density at radius 3 is 2.65 bits per heavy atom. The lowest BCUT2D eigenvalue weighted by atomic mass is 9.84. The highest BCUT2D eigenvalue weighted by Crippen LogP contribution is 2.34. The Morgan fingerprint density at radius 2 is 2.05 bits per heavy atom. The molecule has 2 aliphatic rings. The summed E-state index contributed by atoms with van der Waals surface area (Å²) in [7, 11) is 0. The largest absolute Gasteiger partial charge is 0.379 e. The Bertz CT molecular complexity index is 312. The quantitative estimate of drug-likeness (QED) is 0.763. The molecular weight excluding hydrogens is 270 g/mol. The smallest absolute Gasteiger partial charge is 0.156 e. The molecule has 0 aromatic rings. The molecule has 0 aliphatic carbocycles. The zero-order chi connectivity index (χ0) is 14.3. The molecule has 0 aromatic carbocycles. The number of rotatable bonds is 6. The van der Waals surface area contributed by atoms with E-state index < -0.39 is 0 Å². The summed E-state index contributed by atoms with van der Waals surface area (Å²) in [6, 6.07) is 0. The molecular formula is C15H29N3OS. The molecule has 0 unspecified atom stereocenters. The first-order valence-corrected chi connectivity index (χ1v) is 8.98. The molecule has 0 amide bonds. The third-order valence-electron chi connectivity index (χ3n) is 4.60. The van der Waals surface area contributed by atoms with Crippen molar-refractivity contribution in [3.8, 4) is 0 Å². The normalized spacial score (nSPS) is 23.4. The maximum absolute atomic E-state index is 5.36. The zero-order valence-electron chi connectivity index (χ0n) is 13.0. The summed E-state index contributed by atoms with van der Waals surface area (Å²) in [6.07, 6.45) is 3.67. The van der Waals surface area contributed by atoms with E-state index in [1.807, 2.05) is 11.8 Å². The van der Waals surface area contributed by atoms with Gasteiger partial charge in [0.25, 0.3) is 0 Å². The van der Waals surface area contributed by atoms with Crippen LogP contribution in [-0.2, 0) is 4.74 Å². The highest BCUT2D eigenvalue weighted by Gasteiger charge is 2.29. The summed E-state index contributed by atoms with van der Waals surface area (Å²) < 4.78 is 5.36. The summed E-state index contributed by atoms with van der Waals surface area (Å²) in [5, 5.41) is 4.66. The predicted octanol–water partition coefficient (Wildman–Crippen LogP) is 2.21. The first kappa shape index (κ1) is 16.1. The Kier molecular flexibility index (Phi) is 6.65. The second-order valence-electron chi connectivity index (χ2n) is 5.85. The van der Waals surface area contributed by atoms with Gasteiger partial charge >= 0.3 is 0 Å². The molecule has 4 nitrogen and oxygen atoms in total. The average Bonchev–Trinajstić information content (AvgIpc) is 2.53. The minimum atomic E-state index is 0.448. The van der Waals surface area contributed by atoms with Crippen molar-refractivity contribution in [2.24, 2.45) is 10.4 Å². The van der Waals surface area contributed by atoms with Gasteiger partial charge in [0.05, 0.1) is 13.2 Å². The van der Waals surface area contributed by atoms with Crippen molar-refractivity contribution in [1.82, 2.24) is 10.2 Å². The SMILES string of the molecule is CCC1(CC)CN=C(NCCCN2CCOCC2)SC1. The van der Waals surface area contributed by atoms with Gasteiger partial charge in [-0.2, -0.15) is 0 Å². The average molecular weight is 299 g/mol. The number of hydrogen-bond acceptors (Lipinski definition) is 5. The van der Waals surface area contributed by atoms with Crippen molar-refractivity contribution in [3.05, 3.63) is 0 Å². The van der Waals surface area contributed by atoms with Crippen LogP contribution in [0.25, 0.3) is 0 Å². The molecule has 1 N–H and O–H groups in total. The van der Waals surface area contributed by atoms with E-state index in [0.717, 1.165) is 44.6 Å². The number of ether oxygens (including phenoxy) is 1. The second-order valence-corrected chi connectivity index (χ2v) is 6.82. The summed E-state index contributed by atoms with van der Waals surface area (Å²) in [5.74, 6) is 1.22. The second kappa shape index (κ2) is 8.25. The highest BCUT2D eigenvalue weighted by molar-refractivity contribution is 8.13. The number of aliphatic imine (C=N–C) groups is 1. The molecule has 0 bridgehead atoms. The van der Waals surface area contributed by atoms with Crippen molar-refractivity contribution in [1.29, 1.82) is 0 Å². The van der Waals surface area contributed by atoms with Crippen LogP contribution < -0.4 is 5.32 Å². The summed E-state index contributed by atoms with van der Waals surface area (Å²) in [5.41, 5.74) is 0.448. The molecule has 5 heteroatoms. The molecule has 0 spiro atoms. The molecule has 0 atom stereocenters. The molecule has 20 heavy (non-hydrogen) atoms. The summed E-state index contributed by atoms with van der Waals surface area (Å²) in [6.45, 7) is 11.8. The Balaban J connectivity index is 1.61. The fraction of sp³-hybridized carbons (Fsp3) is 0.933. The van der Waals surface area contributed by atoms with Crippen molar-refractivity contribution in [3.63, 3.8) is 0 Å². The van der Waals surface area contributed by atoms with Crippen LogP contribution in [0.1, 0.15) is 33.1 Å². The Labute approximate surface area is 127 Å². The first-order chi connectivity index (χ1) is 9.78. The van der Waals surface area contributed by atoms with E-state index in [9.17, 15) is 0 Å². The van der Waals surface area contributed by atoms with E-state index in [1.54, 1.807) is 0 Å². The van der Waals surface area contributed by atoms with Crippen LogP contribution in [0, 0.1) is 5.41 Å². The van der Waals surface area contributed by atoms with Gasteiger partial charge in [0.2, 0.25) is 0 Å². The number of hydrogen-bond donors (Lipinski definition) is 1. The van der Waals surface area contributed by atoms with Crippen LogP contribution in [0.15, 0.2) is 4.99 Å².